The van der Waals surface area contributed by atoms with E-state index in [4.69, 9.17) is 16.3 Å². The van der Waals surface area contributed by atoms with Crippen LogP contribution in [0.5, 0.6) is 0 Å². The number of pyridine rings is 1. The van der Waals surface area contributed by atoms with Crippen molar-refractivity contribution in [2.45, 2.75) is 13.1 Å². The number of fused-ring (bicyclic) bond motifs is 1. The van der Waals surface area contributed by atoms with Crippen LogP contribution in [-0.4, -0.2) is 30.2 Å². The summed E-state index contributed by atoms with van der Waals surface area (Å²) in [4.78, 5) is 17.3. The second-order valence-corrected chi connectivity index (χ2v) is 5.66. The quantitative estimate of drug-likeness (QED) is 0.934. The number of aromatic nitrogens is 1. The summed E-state index contributed by atoms with van der Waals surface area (Å²) >= 11 is 6.33. The molecule has 0 saturated heterocycles. The van der Waals surface area contributed by atoms with Crippen LogP contribution in [0.3, 0.4) is 0 Å². The molecule has 0 spiro atoms. The van der Waals surface area contributed by atoms with Crippen molar-refractivity contribution < 1.29 is 9.53 Å². The van der Waals surface area contributed by atoms with Crippen LogP contribution in [-0.2, 0) is 17.8 Å². The van der Waals surface area contributed by atoms with Gasteiger partial charge in [-0.05, 0) is 35.4 Å². The molecule has 0 aliphatic carbocycles. The summed E-state index contributed by atoms with van der Waals surface area (Å²) < 4.78 is 4.80. The third-order valence-corrected chi connectivity index (χ3v) is 4.18. The fraction of sp³-hybridized carbons (Fsp3) is 0.250. The van der Waals surface area contributed by atoms with E-state index in [0.717, 1.165) is 22.5 Å². The molecule has 0 bridgehead atoms. The van der Waals surface area contributed by atoms with E-state index in [0.29, 0.717) is 18.1 Å². The Hall–Kier alpha value is -2.31. The summed E-state index contributed by atoms with van der Waals surface area (Å²) in [5, 5.41) is 2.74. The maximum Gasteiger partial charge on any atom is 0.413 e. The van der Waals surface area contributed by atoms with Crippen LogP contribution in [0.25, 0.3) is 0 Å². The molecule has 2 aromatic rings. The number of hydrogen-bond acceptors (Lipinski definition) is 5. The fourth-order valence-electron chi connectivity index (χ4n) is 2.67. The molecule has 1 aliphatic rings. The second-order valence-electron chi connectivity index (χ2n) is 5.26. The summed E-state index contributed by atoms with van der Waals surface area (Å²) in [6.45, 7) is 1.29. The van der Waals surface area contributed by atoms with Gasteiger partial charge in [-0.25, -0.2) is 9.80 Å². The van der Waals surface area contributed by atoms with Crippen LogP contribution in [0.2, 0.25) is 5.02 Å². The van der Waals surface area contributed by atoms with Crippen LogP contribution < -0.4 is 10.3 Å². The molecule has 120 valence electrons. The molecule has 7 heteroatoms. The Bertz CT molecular complexity index is 724. The number of amides is 1. The molecule has 0 atom stereocenters. The number of nitrogens with zero attached hydrogens (tertiary/aromatic N) is 3. The number of methoxy groups -OCH3 is 1. The van der Waals surface area contributed by atoms with E-state index in [2.05, 4.69) is 10.4 Å². The largest absolute Gasteiger partial charge is 0.452 e. The van der Waals surface area contributed by atoms with Gasteiger partial charge < -0.3 is 10.2 Å². The number of rotatable bonds is 3. The molecular formula is C16H17ClN4O2. The van der Waals surface area contributed by atoms with E-state index >= 15 is 0 Å². The maximum absolute atomic E-state index is 11.8. The zero-order valence-electron chi connectivity index (χ0n) is 12.9. The molecule has 1 amide bonds. The summed E-state index contributed by atoms with van der Waals surface area (Å²) in [5.74, 6) is 0. The second kappa shape index (κ2) is 6.44. The highest BCUT2D eigenvalue weighted by atomic mass is 35.5. The lowest BCUT2D eigenvalue weighted by Crippen LogP contribution is -2.27. The SMILES string of the molecule is COC(=O)N(C)c1ccc(Cl)c2c1CN(Nc1ccncc1)C2. The van der Waals surface area contributed by atoms with Gasteiger partial charge in [0.25, 0.3) is 0 Å². The number of hydrazine groups is 1. The van der Waals surface area contributed by atoms with E-state index in [9.17, 15) is 4.79 Å². The zero-order chi connectivity index (χ0) is 16.4. The van der Waals surface area contributed by atoms with E-state index in [1.54, 1.807) is 19.4 Å². The van der Waals surface area contributed by atoms with Crippen molar-refractivity contribution in [3.8, 4) is 0 Å². The van der Waals surface area contributed by atoms with Crippen molar-refractivity contribution in [3.05, 3.63) is 52.8 Å². The normalized spacial score (nSPS) is 13.5. The van der Waals surface area contributed by atoms with Gasteiger partial charge in [-0.3, -0.25) is 9.88 Å². The topological polar surface area (TPSA) is 57.7 Å². The number of halogens is 1. The van der Waals surface area contributed by atoms with Gasteiger partial charge in [0, 0.05) is 37.6 Å². The van der Waals surface area contributed by atoms with Gasteiger partial charge in [0.1, 0.15) is 0 Å². The van der Waals surface area contributed by atoms with Crippen molar-refractivity contribution in [2.24, 2.45) is 0 Å². The van der Waals surface area contributed by atoms with E-state index in [-0.39, 0.29) is 0 Å². The van der Waals surface area contributed by atoms with Crippen molar-refractivity contribution in [2.75, 3.05) is 24.5 Å². The number of anilines is 2. The zero-order valence-corrected chi connectivity index (χ0v) is 13.7. The lowest BCUT2D eigenvalue weighted by molar-refractivity contribution is 0.180. The maximum atomic E-state index is 11.8. The first-order valence-corrected chi connectivity index (χ1v) is 7.51. The summed E-state index contributed by atoms with van der Waals surface area (Å²) in [6.07, 6.45) is 3.05. The average Bonchev–Trinajstić information content (AvgIpc) is 2.99. The van der Waals surface area contributed by atoms with Gasteiger partial charge >= 0.3 is 6.09 Å². The molecule has 2 heterocycles. The van der Waals surface area contributed by atoms with Gasteiger partial charge in [-0.1, -0.05) is 11.6 Å². The van der Waals surface area contributed by atoms with Crippen LogP contribution >= 0.6 is 11.6 Å². The average molecular weight is 333 g/mol. The standard InChI is InChI=1S/C16H17ClN4O2/c1-20(16(22)23-2)15-4-3-14(17)12-9-21(10-13(12)15)19-11-5-7-18-8-6-11/h3-8H,9-10H2,1-2H3,(H,18,19). The lowest BCUT2D eigenvalue weighted by Gasteiger charge is -2.20. The monoisotopic (exact) mass is 332 g/mol. The molecule has 0 fully saturated rings. The minimum atomic E-state index is -0.407. The third-order valence-electron chi connectivity index (χ3n) is 3.82. The van der Waals surface area contributed by atoms with Crippen LogP contribution in [0.15, 0.2) is 36.7 Å². The smallest absolute Gasteiger partial charge is 0.413 e. The number of hydrogen-bond donors (Lipinski definition) is 1. The number of ether oxygens (including phenoxy) is 1. The molecule has 3 rings (SSSR count). The van der Waals surface area contributed by atoms with Crippen LogP contribution in [0.1, 0.15) is 11.1 Å². The first kappa shape index (κ1) is 15.6. The Morgan fingerprint density at radius 2 is 1.96 bits per heavy atom. The minimum absolute atomic E-state index is 0.407. The highest BCUT2D eigenvalue weighted by molar-refractivity contribution is 6.31. The summed E-state index contributed by atoms with van der Waals surface area (Å²) in [5.41, 5.74) is 7.11. The molecule has 6 nitrogen and oxygen atoms in total. The van der Waals surface area contributed by atoms with E-state index < -0.39 is 6.09 Å². The number of carbonyl (C=O) groups is 1. The van der Waals surface area contributed by atoms with Crippen molar-refractivity contribution in [1.29, 1.82) is 0 Å². The summed E-state index contributed by atoms with van der Waals surface area (Å²) in [7, 11) is 3.06. The van der Waals surface area contributed by atoms with Gasteiger partial charge in [0.05, 0.1) is 18.5 Å². The molecule has 1 aliphatic heterocycles. The molecule has 1 aromatic heterocycles. The van der Waals surface area contributed by atoms with Crippen molar-refractivity contribution in [3.63, 3.8) is 0 Å². The van der Waals surface area contributed by atoms with Crippen LogP contribution in [0, 0.1) is 0 Å². The first-order chi connectivity index (χ1) is 11.1. The Kier molecular flexibility index (Phi) is 4.36. The summed E-state index contributed by atoms with van der Waals surface area (Å²) in [6, 6.07) is 7.44. The Morgan fingerprint density at radius 1 is 1.26 bits per heavy atom. The Morgan fingerprint density at radius 3 is 2.65 bits per heavy atom. The first-order valence-electron chi connectivity index (χ1n) is 7.13. The predicted octanol–water partition coefficient (Wildman–Crippen LogP) is 3.28. The molecular weight excluding hydrogens is 316 g/mol. The Labute approximate surface area is 139 Å². The van der Waals surface area contributed by atoms with Crippen molar-refractivity contribution in [1.82, 2.24) is 9.99 Å². The van der Waals surface area contributed by atoms with Gasteiger partial charge in [0.15, 0.2) is 0 Å². The predicted molar refractivity (Wildman–Crippen MR) is 89.4 cm³/mol. The van der Waals surface area contributed by atoms with Crippen LogP contribution in [0.4, 0.5) is 16.2 Å². The van der Waals surface area contributed by atoms with Gasteiger partial charge in [-0.15, -0.1) is 0 Å². The molecule has 0 saturated carbocycles. The molecule has 1 aromatic carbocycles. The molecule has 0 radical (unpaired) electrons. The molecule has 0 unspecified atom stereocenters. The highest BCUT2D eigenvalue weighted by Crippen LogP contribution is 2.36. The lowest BCUT2D eigenvalue weighted by atomic mass is 10.1. The van der Waals surface area contributed by atoms with Crippen molar-refractivity contribution >= 4 is 29.1 Å². The molecule has 23 heavy (non-hydrogen) atoms. The minimum Gasteiger partial charge on any atom is -0.452 e. The van der Waals surface area contributed by atoms with Gasteiger partial charge in [-0.2, -0.15) is 0 Å². The third kappa shape index (κ3) is 3.09. The van der Waals surface area contributed by atoms with E-state index in [1.807, 2.05) is 29.3 Å². The Balaban J connectivity index is 1.86. The number of nitrogens with one attached hydrogen (secondary N) is 1. The highest BCUT2D eigenvalue weighted by Gasteiger charge is 2.27. The molecule has 1 N–H and O–H groups in total. The number of benzene rings is 1. The number of carbonyl (C=O) groups excluding carboxylic acids is 1. The van der Waals surface area contributed by atoms with Gasteiger partial charge in [0.2, 0.25) is 0 Å². The fourth-order valence-corrected chi connectivity index (χ4v) is 2.91. The van der Waals surface area contributed by atoms with E-state index in [1.165, 1.54) is 12.0 Å².